The summed E-state index contributed by atoms with van der Waals surface area (Å²) in [6.07, 6.45) is 5.26. The number of nitrogens with zero attached hydrogens (tertiary/aromatic N) is 1. The van der Waals surface area contributed by atoms with Crippen molar-refractivity contribution in [1.82, 2.24) is 10.2 Å². The van der Waals surface area contributed by atoms with E-state index in [4.69, 9.17) is 12.2 Å². The third-order valence-corrected chi connectivity index (χ3v) is 3.59. The normalized spacial score (nSPS) is 18.1. The molecule has 0 amide bonds. The van der Waals surface area contributed by atoms with Gasteiger partial charge in [0.15, 0.2) is 3.95 Å². The molecule has 0 spiro atoms. The molecule has 3 nitrogen and oxygen atoms in total. The van der Waals surface area contributed by atoms with Crippen LogP contribution in [0.2, 0.25) is 0 Å². The van der Waals surface area contributed by atoms with Gasteiger partial charge in [0.25, 0.3) is 0 Å². The van der Waals surface area contributed by atoms with Crippen LogP contribution in [0, 0.1) is 9.87 Å². The number of hydrogen-bond donors (Lipinski definition) is 2. The van der Waals surface area contributed by atoms with Crippen LogP contribution in [0.15, 0.2) is 0 Å². The summed E-state index contributed by atoms with van der Waals surface area (Å²) in [6, 6.07) is 0.566. The SMILES string of the molecule is CCC(CC1CC1)Nc1n[nH]c(=S)s1. The van der Waals surface area contributed by atoms with E-state index in [0.29, 0.717) is 6.04 Å². The van der Waals surface area contributed by atoms with E-state index in [1.54, 1.807) is 0 Å². The molecule has 0 saturated heterocycles. The van der Waals surface area contributed by atoms with Crippen molar-refractivity contribution < 1.29 is 0 Å². The maximum atomic E-state index is 4.98. The fourth-order valence-electron chi connectivity index (χ4n) is 1.55. The minimum absolute atomic E-state index is 0.566. The van der Waals surface area contributed by atoms with Gasteiger partial charge in [0.1, 0.15) is 0 Å². The first kappa shape index (κ1) is 10.1. The first-order valence-corrected chi connectivity index (χ1v) is 6.32. The minimum atomic E-state index is 0.566. The number of hydrogen-bond acceptors (Lipinski definition) is 4. The molecule has 1 aliphatic carbocycles. The highest BCUT2D eigenvalue weighted by molar-refractivity contribution is 7.73. The number of rotatable bonds is 5. The fraction of sp³-hybridized carbons (Fsp3) is 0.778. The van der Waals surface area contributed by atoms with Crippen LogP contribution >= 0.6 is 23.6 Å². The Bertz CT molecular complexity index is 340. The Morgan fingerprint density at radius 3 is 3.00 bits per heavy atom. The first-order chi connectivity index (χ1) is 6.78. The van der Waals surface area contributed by atoms with Crippen molar-refractivity contribution in [1.29, 1.82) is 0 Å². The zero-order valence-corrected chi connectivity index (χ0v) is 9.88. The molecule has 2 N–H and O–H groups in total. The van der Waals surface area contributed by atoms with E-state index >= 15 is 0 Å². The van der Waals surface area contributed by atoms with Gasteiger partial charge in [-0.15, -0.1) is 5.10 Å². The van der Waals surface area contributed by atoms with Gasteiger partial charge in [-0.25, -0.2) is 0 Å². The highest BCUT2D eigenvalue weighted by Crippen LogP contribution is 2.34. The average Bonchev–Trinajstić information content (AvgIpc) is 2.89. The molecule has 78 valence electrons. The topological polar surface area (TPSA) is 40.7 Å². The Balaban J connectivity index is 1.89. The standard InChI is InChI=1S/C9H15N3S2/c1-2-7(5-6-3-4-6)10-8-11-12-9(13)14-8/h6-7H,2-5H2,1H3,(H,10,11)(H,12,13). The molecule has 1 saturated carbocycles. The first-order valence-electron chi connectivity index (χ1n) is 5.10. The van der Waals surface area contributed by atoms with Crippen LogP contribution in [0.3, 0.4) is 0 Å². The zero-order chi connectivity index (χ0) is 9.97. The van der Waals surface area contributed by atoms with E-state index < -0.39 is 0 Å². The fourth-order valence-corrected chi connectivity index (χ4v) is 2.42. The molecule has 1 unspecified atom stereocenters. The monoisotopic (exact) mass is 229 g/mol. The molecular formula is C9H15N3S2. The molecule has 0 aromatic carbocycles. The summed E-state index contributed by atoms with van der Waals surface area (Å²) < 4.78 is 0.744. The van der Waals surface area contributed by atoms with Gasteiger partial charge in [0, 0.05) is 6.04 Å². The third kappa shape index (κ3) is 2.78. The average molecular weight is 229 g/mol. The second kappa shape index (κ2) is 4.40. The highest BCUT2D eigenvalue weighted by atomic mass is 32.1. The number of nitrogens with one attached hydrogen (secondary N) is 2. The molecule has 1 aromatic heterocycles. The van der Waals surface area contributed by atoms with Crippen molar-refractivity contribution in [3.05, 3.63) is 3.95 Å². The van der Waals surface area contributed by atoms with Gasteiger partial charge in [0.2, 0.25) is 5.13 Å². The maximum absolute atomic E-state index is 4.98. The Kier molecular flexibility index (Phi) is 3.18. The van der Waals surface area contributed by atoms with Gasteiger partial charge in [-0.05, 0) is 31.0 Å². The molecule has 1 aliphatic rings. The van der Waals surface area contributed by atoms with Crippen LogP contribution in [-0.2, 0) is 0 Å². The van der Waals surface area contributed by atoms with Gasteiger partial charge in [-0.3, -0.25) is 5.10 Å². The Morgan fingerprint density at radius 1 is 1.71 bits per heavy atom. The van der Waals surface area contributed by atoms with Crippen LogP contribution in [0.1, 0.15) is 32.6 Å². The molecule has 0 radical (unpaired) electrons. The number of H-pyrrole nitrogens is 1. The van der Waals surface area contributed by atoms with Crippen molar-refractivity contribution in [2.75, 3.05) is 5.32 Å². The van der Waals surface area contributed by atoms with Gasteiger partial charge >= 0.3 is 0 Å². The predicted octanol–water partition coefficient (Wildman–Crippen LogP) is 3.19. The highest BCUT2D eigenvalue weighted by Gasteiger charge is 2.24. The van der Waals surface area contributed by atoms with Crippen LogP contribution in [-0.4, -0.2) is 16.2 Å². The van der Waals surface area contributed by atoms with Crippen molar-refractivity contribution in [3.8, 4) is 0 Å². The second-order valence-corrected chi connectivity index (χ2v) is 5.51. The zero-order valence-electron chi connectivity index (χ0n) is 8.25. The van der Waals surface area contributed by atoms with Crippen molar-refractivity contribution in [2.24, 2.45) is 5.92 Å². The van der Waals surface area contributed by atoms with Crippen LogP contribution in [0.25, 0.3) is 0 Å². The van der Waals surface area contributed by atoms with Gasteiger partial charge < -0.3 is 5.32 Å². The summed E-state index contributed by atoms with van der Waals surface area (Å²) in [7, 11) is 0. The summed E-state index contributed by atoms with van der Waals surface area (Å²) in [5, 5.41) is 11.3. The molecule has 14 heavy (non-hydrogen) atoms. The van der Waals surface area contributed by atoms with E-state index in [9.17, 15) is 0 Å². The minimum Gasteiger partial charge on any atom is -0.357 e. The summed E-state index contributed by atoms with van der Waals surface area (Å²) in [5.74, 6) is 0.958. The molecule has 1 fully saturated rings. The predicted molar refractivity (Wildman–Crippen MR) is 62.3 cm³/mol. The second-order valence-electron chi connectivity index (χ2n) is 3.85. The quantitative estimate of drug-likeness (QED) is 0.762. The van der Waals surface area contributed by atoms with Crippen molar-refractivity contribution in [3.63, 3.8) is 0 Å². The molecule has 5 heteroatoms. The molecule has 1 heterocycles. The lowest BCUT2D eigenvalue weighted by molar-refractivity contribution is 0.586. The summed E-state index contributed by atoms with van der Waals surface area (Å²) in [4.78, 5) is 0. The lowest BCUT2D eigenvalue weighted by Gasteiger charge is -2.14. The summed E-state index contributed by atoms with van der Waals surface area (Å²) in [6.45, 7) is 2.21. The molecular weight excluding hydrogens is 214 g/mol. The smallest absolute Gasteiger partial charge is 0.204 e. The van der Waals surface area contributed by atoms with E-state index in [1.807, 2.05) is 0 Å². The number of anilines is 1. The largest absolute Gasteiger partial charge is 0.357 e. The maximum Gasteiger partial charge on any atom is 0.204 e. The van der Waals surface area contributed by atoms with Crippen molar-refractivity contribution >= 4 is 28.7 Å². The van der Waals surface area contributed by atoms with E-state index in [0.717, 1.165) is 21.4 Å². The van der Waals surface area contributed by atoms with Crippen LogP contribution in [0.4, 0.5) is 5.13 Å². The van der Waals surface area contributed by atoms with Gasteiger partial charge in [-0.2, -0.15) is 0 Å². The third-order valence-electron chi connectivity index (χ3n) is 2.57. The lowest BCUT2D eigenvalue weighted by Crippen LogP contribution is -2.18. The Labute approximate surface area is 92.9 Å². The van der Waals surface area contributed by atoms with Gasteiger partial charge in [0.05, 0.1) is 0 Å². The molecule has 0 bridgehead atoms. The Morgan fingerprint density at radius 2 is 2.50 bits per heavy atom. The van der Waals surface area contributed by atoms with E-state index in [1.165, 1.54) is 30.6 Å². The number of aromatic nitrogens is 2. The van der Waals surface area contributed by atoms with Crippen molar-refractivity contribution in [2.45, 2.75) is 38.6 Å². The number of aromatic amines is 1. The van der Waals surface area contributed by atoms with E-state index in [-0.39, 0.29) is 0 Å². The lowest BCUT2D eigenvalue weighted by atomic mass is 10.1. The van der Waals surface area contributed by atoms with E-state index in [2.05, 4.69) is 22.4 Å². The molecule has 1 atom stereocenters. The molecule has 0 aliphatic heterocycles. The summed E-state index contributed by atoms with van der Waals surface area (Å²) in [5.41, 5.74) is 0. The van der Waals surface area contributed by atoms with Crippen LogP contribution in [0.5, 0.6) is 0 Å². The van der Waals surface area contributed by atoms with Gasteiger partial charge in [-0.1, -0.05) is 31.1 Å². The summed E-state index contributed by atoms with van der Waals surface area (Å²) >= 11 is 6.50. The Hall–Kier alpha value is -0.420. The van der Waals surface area contributed by atoms with Crippen LogP contribution < -0.4 is 5.32 Å². The molecule has 2 rings (SSSR count). The molecule has 1 aromatic rings.